The van der Waals surface area contributed by atoms with Crippen LogP contribution in [0, 0.1) is 11.8 Å². The lowest BCUT2D eigenvalue weighted by atomic mass is 10.0. The standard InChI is InChI=1S/C27H35NO2.ClH/c1-3-27(2,18-13-21-28-19-11-6-12-20-28)30-23-22-29-26(24-14-7-4-8-15-24)25-16-9-5-10-17-25;/h4-5,7-10,14-17,26H,3,6,11-12,19-23H2,1-2H3;1H. The minimum atomic E-state index is -0.409. The molecule has 0 spiro atoms. The van der Waals surface area contributed by atoms with Crippen LogP contribution >= 0.6 is 0 Å². The third kappa shape index (κ3) is 8.31. The first-order valence-corrected chi connectivity index (χ1v) is 11.4. The number of quaternary nitrogens is 1. The molecule has 3 rings (SSSR count). The number of nitrogens with one attached hydrogen (secondary N) is 1. The highest BCUT2D eigenvalue weighted by atomic mass is 35.5. The summed E-state index contributed by atoms with van der Waals surface area (Å²) in [5, 5.41) is 0. The van der Waals surface area contributed by atoms with E-state index in [0.717, 1.165) is 24.1 Å². The molecule has 0 bridgehead atoms. The minimum Gasteiger partial charge on any atom is -1.00 e. The summed E-state index contributed by atoms with van der Waals surface area (Å²) in [7, 11) is 0. The number of likely N-dealkylation sites (tertiary alicyclic amines) is 1. The Kier molecular flexibility index (Phi) is 11.1. The average Bonchev–Trinajstić information content (AvgIpc) is 2.81. The highest BCUT2D eigenvalue weighted by Gasteiger charge is 2.21. The van der Waals surface area contributed by atoms with Crippen LogP contribution in [0.5, 0.6) is 0 Å². The normalized spacial score (nSPS) is 16.1. The van der Waals surface area contributed by atoms with Crippen LogP contribution < -0.4 is 17.3 Å². The Labute approximate surface area is 194 Å². The summed E-state index contributed by atoms with van der Waals surface area (Å²) in [6, 6.07) is 20.7. The molecular weight excluding hydrogens is 406 g/mol. The van der Waals surface area contributed by atoms with Gasteiger partial charge < -0.3 is 26.8 Å². The van der Waals surface area contributed by atoms with Crippen molar-refractivity contribution in [3.05, 3.63) is 71.8 Å². The van der Waals surface area contributed by atoms with Crippen LogP contribution in [-0.4, -0.2) is 38.4 Å². The number of halogens is 1. The van der Waals surface area contributed by atoms with E-state index < -0.39 is 5.60 Å². The quantitative estimate of drug-likeness (QED) is 0.464. The van der Waals surface area contributed by atoms with Crippen LogP contribution in [0.25, 0.3) is 0 Å². The Hall–Kier alpha value is -1.83. The molecule has 1 aliphatic rings. The molecule has 1 fully saturated rings. The monoisotopic (exact) mass is 441 g/mol. The molecular formula is C27H36ClNO2. The number of hydrogen-bond donors (Lipinski definition) is 1. The molecule has 1 saturated heterocycles. The Morgan fingerprint density at radius 2 is 1.48 bits per heavy atom. The average molecular weight is 442 g/mol. The van der Waals surface area contributed by atoms with Crippen molar-refractivity contribution >= 4 is 0 Å². The van der Waals surface area contributed by atoms with Gasteiger partial charge in [0.25, 0.3) is 0 Å². The van der Waals surface area contributed by atoms with Crippen molar-refractivity contribution in [3.8, 4) is 11.8 Å². The maximum Gasteiger partial charge on any atom is 0.139 e. The van der Waals surface area contributed by atoms with Crippen molar-refractivity contribution in [1.82, 2.24) is 0 Å². The first-order chi connectivity index (χ1) is 14.7. The molecule has 0 saturated carbocycles. The lowest BCUT2D eigenvalue weighted by Gasteiger charge is -2.25. The Bertz CT molecular complexity index is 757. The summed E-state index contributed by atoms with van der Waals surface area (Å²) in [5.74, 6) is 6.79. The van der Waals surface area contributed by atoms with E-state index in [2.05, 4.69) is 74.2 Å². The third-order valence-electron chi connectivity index (χ3n) is 5.92. The largest absolute Gasteiger partial charge is 1.00 e. The van der Waals surface area contributed by atoms with Gasteiger partial charge in [0, 0.05) is 0 Å². The zero-order valence-electron chi connectivity index (χ0n) is 18.9. The molecule has 0 amide bonds. The molecule has 0 aromatic heterocycles. The van der Waals surface area contributed by atoms with E-state index in [9.17, 15) is 0 Å². The number of benzene rings is 2. The SMILES string of the molecule is CCC(C)(C#CC[NH+]1CCCCC1)OCCOC(c1ccccc1)c1ccccc1.[Cl-]. The molecule has 3 nitrogen and oxygen atoms in total. The van der Waals surface area contributed by atoms with Crippen molar-refractivity contribution in [3.63, 3.8) is 0 Å². The lowest BCUT2D eigenvalue weighted by Crippen LogP contribution is -3.12. The highest BCUT2D eigenvalue weighted by molar-refractivity contribution is 5.29. The van der Waals surface area contributed by atoms with Gasteiger partial charge in [-0.3, -0.25) is 0 Å². The number of piperidine rings is 1. The van der Waals surface area contributed by atoms with Crippen molar-refractivity contribution in [2.75, 3.05) is 32.8 Å². The minimum absolute atomic E-state index is 0. The van der Waals surface area contributed by atoms with Crippen molar-refractivity contribution in [2.45, 2.75) is 51.2 Å². The second kappa shape index (κ2) is 13.6. The van der Waals surface area contributed by atoms with Crippen molar-refractivity contribution in [2.24, 2.45) is 0 Å². The molecule has 4 heteroatoms. The van der Waals surface area contributed by atoms with E-state index in [0.29, 0.717) is 13.2 Å². The van der Waals surface area contributed by atoms with Crippen molar-refractivity contribution in [1.29, 1.82) is 0 Å². The molecule has 1 heterocycles. The fraction of sp³-hybridized carbons (Fsp3) is 0.481. The zero-order valence-corrected chi connectivity index (χ0v) is 19.7. The first kappa shape index (κ1) is 25.4. The predicted molar refractivity (Wildman–Crippen MR) is 123 cm³/mol. The van der Waals surface area contributed by atoms with Gasteiger partial charge in [-0.1, -0.05) is 73.5 Å². The van der Waals surface area contributed by atoms with Crippen LogP contribution in [0.2, 0.25) is 0 Å². The summed E-state index contributed by atoms with van der Waals surface area (Å²) in [6.45, 7) is 8.74. The first-order valence-electron chi connectivity index (χ1n) is 11.4. The summed E-state index contributed by atoms with van der Waals surface area (Å²) in [6.07, 6.45) is 4.83. The van der Waals surface area contributed by atoms with Gasteiger partial charge in [0.2, 0.25) is 0 Å². The molecule has 168 valence electrons. The lowest BCUT2D eigenvalue weighted by molar-refractivity contribution is -0.897. The van der Waals surface area contributed by atoms with Gasteiger partial charge in [0.05, 0.1) is 26.3 Å². The second-order valence-corrected chi connectivity index (χ2v) is 8.29. The maximum atomic E-state index is 6.28. The van der Waals surface area contributed by atoms with E-state index in [4.69, 9.17) is 9.47 Å². The predicted octanol–water partition coefficient (Wildman–Crippen LogP) is 1.05. The molecule has 1 N–H and O–H groups in total. The molecule has 2 aromatic carbocycles. The summed E-state index contributed by atoms with van der Waals surface area (Å²) in [4.78, 5) is 1.61. The Morgan fingerprint density at radius 3 is 2.03 bits per heavy atom. The van der Waals surface area contributed by atoms with Gasteiger partial charge in [-0.25, -0.2) is 0 Å². The van der Waals surface area contributed by atoms with Gasteiger partial charge in [-0.15, -0.1) is 0 Å². The fourth-order valence-electron chi connectivity index (χ4n) is 3.88. The van der Waals surface area contributed by atoms with Crippen LogP contribution in [0.1, 0.15) is 56.8 Å². The fourth-order valence-corrected chi connectivity index (χ4v) is 3.88. The van der Waals surface area contributed by atoms with Gasteiger partial charge in [0.15, 0.2) is 0 Å². The third-order valence-corrected chi connectivity index (χ3v) is 5.92. The Balaban J connectivity index is 0.00000341. The molecule has 1 atom stereocenters. The van der Waals surface area contributed by atoms with Crippen LogP contribution in [0.15, 0.2) is 60.7 Å². The highest BCUT2D eigenvalue weighted by Crippen LogP contribution is 2.25. The molecule has 0 radical (unpaired) electrons. The summed E-state index contributed by atoms with van der Waals surface area (Å²) < 4.78 is 12.5. The molecule has 2 aromatic rings. The van der Waals surface area contributed by atoms with Gasteiger partial charge in [-0.05, 0) is 49.7 Å². The van der Waals surface area contributed by atoms with Crippen LogP contribution in [0.4, 0.5) is 0 Å². The van der Waals surface area contributed by atoms with Gasteiger partial charge in [0.1, 0.15) is 18.2 Å². The van der Waals surface area contributed by atoms with E-state index in [-0.39, 0.29) is 18.5 Å². The van der Waals surface area contributed by atoms with E-state index >= 15 is 0 Å². The van der Waals surface area contributed by atoms with Gasteiger partial charge in [-0.2, -0.15) is 0 Å². The van der Waals surface area contributed by atoms with E-state index in [1.807, 2.05) is 12.1 Å². The molecule has 1 unspecified atom stereocenters. The summed E-state index contributed by atoms with van der Waals surface area (Å²) >= 11 is 0. The second-order valence-electron chi connectivity index (χ2n) is 8.29. The molecule has 31 heavy (non-hydrogen) atoms. The summed E-state index contributed by atoms with van der Waals surface area (Å²) in [5.41, 5.74) is 1.91. The number of rotatable bonds is 9. The Morgan fingerprint density at radius 1 is 0.903 bits per heavy atom. The number of hydrogen-bond acceptors (Lipinski definition) is 2. The maximum absolute atomic E-state index is 6.28. The molecule has 0 aliphatic carbocycles. The smallest absolute Gasteiger partial charge is 0.139 e. The van der Waals surface area contributed by atoms with Gasteiger partial charge >= 0.3 is 0 Å². The topological polar surface area (TPSA) is 22.9 Å². The molecule has 1 aliphatic heterocycles. The van der Waals surface area contributed by atoms with Crippen LogP contribution in [-0.2, 0) is 9.47 Å². The van der Waals surface area contributed by atoms with Crippen molar-refractivity contribution < 1.29 is 26.8 Å². The van der Waals surface area contributed by atoms with Crippen LogP contribution in [0.3, 0.4) is 0 Å². The zero-order chi connectivity index (χ0) is 21.1. The van der Waals surface area contributed by atoms with E-state index in [1.165, 1.54) is 32.4 Å². The number of ether oxygens (including phenoxy) is 2. The van der Waals surface area contributed by atoms with E-state index in [1.54, 1.807) is 4.90 Å².